The number of rotatable bonds is 5. The van der Waals surface area contributed by atoms with E-state index in [2.05, 4.69) is 15.0 Å². The average Bonchev–Trinajstić information content (AvgIpc) is 2.36. The molecule has 0 spiro atoms. The first-order valence-corrected chi connectivity index (χ1v) is 8.34. The molecule has 6 nitrogen and oxygen atoms in total. The van der Waals surface area contributed by atoms with E-state index in [9.17, 15) is 22.0 Å². The van der Waals surface area contributed by atoms with Crippen molar-refractivity contribution in [3.63, 3.8) is 0 Å². The van der Waals surface area contributed by atoms with Crippen molar-refractivity contribution in [2.45, 2.75) is 51.5 Å². The highest BCUT2D eigenvalue weighted by atomic mass is 32.2. The lowest BCUT2D eigenvalue weighted by atomic mass is 9.93. The van der Waals surface area contributed by atoms with E-state index >= 15 is 0 Å². The molecule has 0 aliphatic rings. The second-order valence-electron chi connectivity index (χ2n) is 6.71. The molecule has 1 aromatic heterocycles. The van der Waals surface area contributed by atoms with Crippen molar-refractivity contribution in [3.05, 3.63) is 18.3 Å². The molecule has 0 saturated carbocycles. The second kappa shape index (κ2) is 6.48. The van der Waals surface area contributed by atoms with Crippen molar-refractivity contribution in [1.82, 2.24) is 9.71 Å². The third-order valence-corrected chi connectivity index (χ3v) is 4.60. The van der Waals surface area contributed by atoms with E-state index in [0.29, 0.717) is 0 Å². The molecule has 1 heterocycles. The van der Waals surface area contributed by atoms with Crippen LogP contribution in [0.1, 0.15) is 34.6 Å². The first kappa shape index (κ1) is 19.4. The number of anilines is 1. The molecule has 2 N–H and O–H groups in total. The van der Waals surface area contributed by atoms with Crippen LogP contribution in [0.2, 0.25) is 0 Å². The van der Waals surface area contributed by atoms with Crippen molar-refractivity contribution in [2.24, 2.45) is 5.41 Å². The molecule has 1 amide bonds. The van der Waals surface area contributed by atoms with Gasteiger partial charge in [-0.1, -0.05) is 0 Å². The van der Waals surface area contributed by atoms with Crippen LogP contribution in [0.5, 0.6) is 0 Å². The molecule has 0 aromatic carbocycles. The molecule has 0 bridgehead atoms. The third kappa shape index (κ3) is 5.21. The summed E-state index contributed by atoms with van der Waals surface area (Å²) in [6, 6.07) is 2.49. The van der Waals surface area contributed by atoms with Gasteiger partial charge < -0.3 is 5.32 Å². The highest BCUT2D eigenvalue weighted by Crippen LogP contribution is 2.26. The number of aromatic nitrogens is 1. The van der Waals surface area contributed by atoms with E-state index in [-0.39, 0.29) is 10.7 Å². The van der Waals surface area contributed by atoms with Gasteiger partial charge >= 0.3 is 0 Å². The lowest BCUT2D eigenvalue weighted by Gasteiger charge is -2.22. The van der Waals surface area contributed by atoms with Crippen molar-refractivity contribution in [1.29, 1.82) is 0 Å². The van der Waals surface area contributed by atoms with Gasteiger partial charge in [0.1, 0.15) is 16.1 Å². The van der Waals surface area contributed by atoms with Gasteiger partial charge in [0.2, 0.25) is 15.9 Å². The smallest absolute Gasteiger partial charge is 0.252 e. The van der Waals surface area contributed by atoms with Crippen LogP contribution in [-0.2, 0) is 14.8 Å². The number of pyridine rings is 1. The minimum absolute atomic E-state index is 0.00145. The molecule has 9 heteroatoms. The Labute approximate surface area is 134 Å². The highest BCUT2D eigenvalue weighted by Gasteiger charge is 2.37. The number of alkyl halides is 2. The Balaban J connectivity index is 2.92. The number of hydrogen-bond donors (Lipinski definition) is 2. The number of amides is 1. The Kier molecular flexibility index (Phi) is 5.48. The summed E-state index contributed by atoms with van der Waals surface area (Å²) in [5.74, 6) is -0.901. The summed E-state index contributed by atoms with van der Waals surface area (Å²) in [5.41, 5.74) is -2.53. The zero-order valence-corrected chi connectivity index (χ0v) is 14.5. The SMILES string of the molecule is CC(C)(C)NS(=O)(=O)c1ccc(NC(=O)C(C)(C)C(F)F)nc1. The van der Waals surface area contributed by atoms with E-state index in [1.165, 1.54) is 12.1 Å². The number of carbonyl (C=O) groups excluding carboxylic acids is 1. The first-order valence-electron chi connectivity index (χ1n) is 6.85. The van der Waals surface area contributed by atoms with E-state index in [4.69, 9.17) is 0 Å². The Hall–Kier alpha value is -1.61. The zero-order chi connectivity index (χ0) is 18.1. The maximum Gasteiger partial charge on any atom is 0.252 e. The van der Waals surface area contributed by atoms with E-state index in [0.717, 1.165) is 20.0 Å². The normalized spacial score (nSPS) is 13.2. The quantitative estimate of drug-likeness (QED) is 0.854. The van der Waals surface area contributed by atoms with Gasteiger partial charge in [0, 0.05) is 11.7 Å². The van der Waals surface area contributed by atoms with Crippen LogP contribution in [0.4, 0.5) is 14.6 Å². The molecule has 0 unspecified atom stereocenters. The summed E-state index contributed by atoms with van der Waals surface area (Å²) in [6.45, 7) is 7.30. The fourth-order valence-corrected chi connectivity index (χ4v) is 2.81. The standard InChI is InChI=1S/C14H21F2N3O3S/c1-13(2,3)19-23(21,22)9-6-7-10(17-8-9)18-12(20)14(4,5)11(15)16/h6-8,11,19H,1-5H3,(H,17,18,20). The summed E-state index contributed by atoms with van der Waals surface area (Å²) >= 11 is 0. The summed E-state index contributed by atoms with van der Waals surface area (Å²) in [5, 5.41) is 2.25. The molecular formula is C14H21F2N3O3S. The first-order chi connectivity index (χ1) is 10.3. The fraction of sp³-hybridized carbons (Fsp3) is 0.571. The monoisotopic (exact) mass is 349 g/mol. The van der Waals surface area contributed by atoms with Gasteiger partial charge in [-0.2, -0.15) is 0 Å². The third-order valence-electron chi connectivity index (χ3n) is 2.86. The fourth-order valence-electron chi connectivity index (χ4n) is 1.45. The van der Waals surface area contributed by atoms with Crippen LogP contribution in [0.25, 0.3) is 0 Å². The molecule has 1 rings (SSSR count). The largest absolute Gasteiger partial charge is 0.310 e. The molecule has 0 atom stereocenters. The Morgan fingerprint density at radius 3 is 2.13 bits per heavy atom. The van der Waals surface area contributed by atoms with Gasteiger partial charge in [0.05, 0.1) is 0 Å². The van der Waals surface area contributed by atoms with Crippen molar-refractivity contribution < 1.29 is 22.0 Å². The predicted octanol–water partition coefficient (Wildman–Crippen LogP) is 2.39. The van der Waals surface area contributed by atoms with Crippen LogP contribution in [0.15, 0.2) is 23.2 Å². The molecule has 0 fully saturated rings. The summed E-state index contributed by atoms with van der Waals surface area (Å²) in [6.07, 6.45) is -1.78. The molecule has 23 heavy (non-hydrogen) atoms. The number of hydrogen-bond acceptors (Lipinski definition) is 4. The van der Waals surface area contributed by atoms with Crippen LogP contribution < -0.4 is 10.0 Å². The highest BCUT2D eigenvalue weighted by molar-refractivity contribution is 7.89. The Bertz CT molecular complexity index is 666. The van der Waals surface area contributed by atoms with Gasteiger partial charge in [-0.3, -0.25) is 4.79 Å². The van der Waals surface area contributed by atoms with Crippen molar-refractivity contribution in [3.8, 4) is 0 Å². The van der Waals surface area contributed by atoms with Crippen LogP contribution in [0.3, 0.4) is 0 Å². The Morgan fingerprint density at radius 1 is 1.17 bits per heavy atom. The van der Waals surface area contributed by atoms with Crippen LogP contribution >= 0.6 is 0 Å². The van der Waals surface area contributed by atoms with Gasteiger partial charge in [-0.25, -0.2) is 26.9 Å². The van der Waals surface area contributed by atoms with Gasteiger partial charge in [-0.05, 0) is 46.8 Å². The maximum absolute atomic E-state index is 12.8. The minimum atomic E-state index is -3.75. The van der Waals surface area contributed by atoms with Gasteiger partial charge in [0.25, 0.3) is 6.43 Å². The lowest BCUT2D eigenvalue weighted by Crippen LogP contribution is -2.40. The van der Waals surface area contributed by atoms with Crippen molar-refractivity contribution >= 4 is 21.7 Å². The molecule has 0 radical (unpaired) electrons. The second-order valence-corrected chi connectivity index (χ2v) is 8.39. The minimum Gasteiger partial charge on any atom is -0.310 e. The van der Waals surface area contributed by atoms with Gasteiger partial charge in [-0.15, -0.1) is 0 Å². The molecular weight excluding hydrogens is 328 g/mol. The molecule has 130 valence electrons. The van der Waals surface area contributed by atoms with E-state index in [1.54, 1.807) is 20.8 Å². The lowest BCUT2D eigenvalue weighted by molar-refractivity contribution is -0.131. The maximum atomic E-state index is 12.8. The Morgan fingerprint density at radius 2 is 1.74 bits per heavy atom. The molecule has 0 aliphatic carbocycles. The van der Waals surface area contributed by atoms with Gasteiger partial charge in [0.15, 0.2) is 0 Å². The summed E-state index contributed by atoms with van der Waals surface area (Å²) in [7, 11) is -3.75. The number of nitrogens with one attached hydrogen (secondary N) is 2. The summed E-state index contributed by atoms with van der Waals surface area (Å²) in [4.78, 5) is 15.5. The number of sulfonamides is 1. The summed E-state index contributed by atoms with van der Waals surface area (Å²) < 4.78 is 52.2. The number of nitrogens with zero attached hydrogens (tertiary/aromatic N) is 1. The molecule has 1 aromatic rings. The molecule has 0 aliphatic heterocycles. The van der Waals surface area contributed by atoms with Crippen molar-refractivity contribution in [2.75, 3.05) is 5.32 Å². The number of halogens is 2. The van der Waals surface area contributed by atoms with Crippen LogP contribution in [-0.4, -0.2) is 31.3 Å². The topological polar surface area (TPSA) is 88.2 Å². The average molecular weight is 349 g/mol. The zero-order valence-electron chi connectivity index (χ0n) is 13.6. The van der Waals surface area contributed by atoms with Crippen LogP contribution in [0, 0.1) is 5.41 Å². The van der Waals surface area contributed by atoms with E-state index in [1.807, 2.05) is 0 Å². The predicted molar refractivity (Wildman–Crippen MR) is 82.7 cm³/mol. The molecule has 0 saturated heterocycles. The number of carbonyl (C=O) groups is 1. The van der Waals surface area contributed by atoms with E-state index < -0.39 is 33.3 Å².